The Morgan fingerprint density at radius 1 is 1.03 bits per heavy atom. The van der Waals surface area contributed by atoms with Crippen molar-refractivity contribution >= 4 is 38.1 Å². The molecule has 7 heteroatoms. The molecule has 0 saturated carbocycles. The molecule has 0 unspecified atom stereocenters. The predicted octanol–water partition coefficient (Wildman–Crippen LogP) is 4.03. The SMILES string of the molecule is CC(C)Oc1cccc(N(CC(=O)Nc2cccc3ccccc23)S(C)(=O)=O)c1. The number of sulfonamides is 1. The number of nitrogens with zero attached hydrogens (tertiary/aromatic N) is 1. The van der Waals surface area contributed by atoms with Crippen molar-refractivity contribution in [3.8, 4) is 5.75 Å². The van der Waals surface area contributed by atoms with Gasteiger partial charge >= 0.3 is 0 Å². The standard InChI is InChI=1S/C22H24N2O4S/c1-16(2)28-19-11-7-10-18(14-19)24(29(3,26)27)15-22(25)23-21-13-6-9-17-8-4-5-12-20(17)21/h4-14,16H,15H2,1-3H3,(H,23,25). The van der Waals surface area contributed by atoms with Crippen LogP contribution < -0.4 is 14.4 Å². The quantitative estimate of drug-likeness (QED) is 0.636. The van der Waals surface area contributed by atoms with E-state index in [4.69, 9.17) is 4.74 Å². The van der Waals surface area contributed by atoms with Crippen LogP contribution in [-0.4, -0.2) is 33.2 Å². The third-order valence-electron chi connectivity index (χ3n) is 4.23. The molecular weight excluding hydrogens is 388 g/mol. The molecule has 0 radical (unpaired) electrons. The zero-order valence-electron chi connectivity index (χ0n) is 16.6. The average Bonchev–Trinajstić information content (AvgIpc) is 2.65. The summed E-state index contributed by atoms with van der Waals surface area (Å²) in [6.07, 6.45) is 1.03. The molecule has 0 aromatic heterocycles. The van der Waals surface area contributed by atoms with Gasteiger partial charge in [0.15, 0.2) is 0 Å². The fourth-order valence-corrected chi connectivity index (χ4v) is 3.89. The number of carbonyl (C=O) groups is 1. The van der Waals surface area contributed by atoms with Gasteiger partial charge in [0.1, 0.15) is 12.3 Å². The van der Waals surface area contributed by atoms with Crippen molar-refractivity contribution in [3.63, 3.8) is 0 Å². The number of hydrogen-bond donors (Lipinski definition) is 1. The number of amides is 1. The predicted molar refractivity (Wildman–Crippen MR) is 117 cm³/mol. The first-order chi connectivity index (χ1) is 13.7. The van der Waals surface area contributed by atoms with Crippen molar-refractivity contribution in [1.82, 2.24) is 0 Å². The summed E-state index contributed by atoms with van der Waals surface area (Å²) >= 11 is 0. The fraction of sp³-hybridized carbons (Fsp3) is 0.227. The summed E-state index contributed by atoms with van der Waals surface area (Å²) in [6.45, 7) is 3.43. The summed E-state index contributed by atoms with van der Waals surface area (Å²) in [5.41, 5.74) is 1.01. The number of benzene rings is 3. The summed E-state index contributed by atoms with van der Waals surface area (Å²) in [6, 6.07) is 20.0. The normalized spacial score (nSPS) is 11.4. The maximum atomic E-state index is 12.7. The minimum Gasteiger partial charge on any atom is -0.491 e. The van der Waals surface area contributed by atoms with Gasteiger partial charge in [-0.15, -0.1) is 0 Å². The lowest BCUT2D eigenvalue weighted by Crippen LogP contribution is -2.37. The van der Waals surface area contributed by atoms with E-state index in [1.807, 2.05) is 50.2 Å². The summed E-state index contributed by atoms with van der Waals surface area (Å²) in [7, 11) is -3.68. The Bertz CT molecular complexity index is 1120. The highest BCUT2D eigenvalue weighted by molar-refractivity contribution is 7.92. The Morgan fingerprint density at radius 2 is 1.72 bits per heavy atom. The van der Waals surface area contributed by atoms with Crippen molar-refractivity contribution < 1.29 is 17.9 Å². The highest BCUT2D eigenvalue weighted by Gasteiger charge is 2.22. The van der Waals surface area contributed by atoms with Crippen LogP contribution in [0.1, 0.15) is 13.8 Å². The summed E-state index contributed by atoms with van der Waals surface area (Å²) < 4.78 is 31.5. The third-order valence-corrected chi connectivity index (χ3v) is 5.37. The van der Waals surface area contributed by atoms with E-state index in [0.29, 0.717) is 17.1 Å². The lowest BCUT2D eigenvalue weighted by Gasteiger charge is -2.23. The molecule has 1 N–H and O–H groups in total. The van der Waals surface area contributed by atoms with E-state index in [1.54, 1.807) is 30.3 Å². The second-order valence-corrected chi connectivity index (χ2v) is 8.92. The lowest BCUT2D eigenvalue weighted by molar-refractivity contribution is -0.114. The number of ether oxygens (including phenoxy) is 1. The van der Waals surface area contributed by atoms with Gasteiger partial charge < -0.3 is 10.1 Å². The Labute approximate surface area is 171 Å². The maximum absolute atomic E-state index is 12.7. The third kappa shape index (κ3) is 5.26. The van der Waals surface area contributed by atoms with Gasteiger partial charge in [0.2, 0.25) is 15.9 Å². The van der Waals surface area contributed by atoms with Gasteiger partial charge in [-0.3, -0.25) is 9.10 Å². The van der Waals surface area contributed by atoms with Crippen LogP contribution in [-0.2, 0) is 14.8 Å². The molecule has 6 nitrogen and oxygen atoms in total. The average molecular weight is 413 g/mol. The zero-order valence-corrected chi connectivity index (χ0v) is 17.4. The topological polar surface area (TPSA) is 75.7 Å². The van der Waals surface area contributed by atoms with Crippen molar-refractivity contribution in [2.45, 2.75) is 20.0 Å². The largest absolute Gasteiger partial charge is 0.491 e. The Kier molecular flexibility index (Phi) is 6.08. The number of hydrogen-bond acceptors (Lipinski definition) is 4. The number of fused-ring (bicyclic) bond motifs is 1. The first kappa shape index (κ1) is 20.7. The van der Waals surface area contributed by atoms with Crippen LogP contribution in [0.3, 0.4) is 0 Å². The van der Waals surface area contributed by atoms with Crippen molar-refractivity contribution in [1.29, 1.82) is 0 Å². The molecule has 0 aliphatic heterocycles. The highest BCUT2D eigenvalue weighted by Crippen LogP contribution is 2.25. The molecule has 3 aromatic rings. The van der Waals surface area contributed by atoms with Gasteiger partial charge in [0, 0.05) is 17.1 Å². The van der Waals surface area contributed by atoms with Crippen LogP contribution in [0.2, 0.25) is 0 Å². The van der Waals surface area contributed by atoms with E-state index in [2.05, 4.69) is 5.32 Å². The van der Waals surface area contributed by atoms with Crippen LogP contribution >= 0.6 is 0 Å². The van der Waals surface area contributed by atoms with E-state index >= 15 is 0 Å². The molecule has 3 aromatic carbocycles. The van der Waals surface area contributed by atoms with Gasteiger partial charge in [-0.05, 0) is 37.4 Å². The molecular formula is C22H24N2O4S. The van der Waals surface area contributed by atoms with Gasteiger partial charge in [0.25, 0.3) is 0 Å². The first-order valence-electron chi connectivity index (χ1n) is 9.26. The maximum Gasteiger partial charge on any atom is 0.245 e. The fourth-order valence-electron chi connectivity index (χ4n) is 3.04. The lowest BCUT2D eigenvalue weighted by atomic mass is 10.1. The van der Waals surface area contributed by atoms with Crippen molar-refractivity contribution in [2.75, 3.05) is 22.4 Å². The molecule has 3 rings (SSSR count). The van der Waals surface area contributed by atoms with E-state index in [1.165, 1.54) is 0 Å². The number of nitrogens with one attached hydrogen (secondary N) is 1. The minimum atomic E-state index is -3.68. The van der Waals surface area contributed by atoms with E-state index in [9.17, 15) is 13.2 Å². The number of anilines is 2. The summed E-state index contributed by atoms with van der Waals surface area (Å²) in [5, 5.41) is 4.71. The Morgan fingerprint density at radius 3 is 2.45 bits per heavy atom. The molecule has 0 spiro atoms. The van der Waals surface area contributed by atoms with E-state index in [-0.39, 0.29) is 12.6 Å². The van der Waals surface area contributed by atoms with Gasteiger partial charge in [0.05, 0.1) is 18.0 Å². The molecule has 0 saturated heterocycles. The van der Waals surface area contributed by atoms with E-state index in [0.717, 1.165) is 21.3 Å². The number of carbonyl (C=O) groups excluding carboxylic acids is 1. The van der Waals surface area contributed by atoms with Crippen LogP contribution in [0.15, 0.2) is 66.7 Å². The van der Waals surface area contributed by atoms with Crippen molar-refractivity contribution in [2.24, 2.45) is 0 Å². The zero-order chi connectivity index (χ0) is 21.0. The molecule has 0 aliphatic carbocycles. The highest BCUT2D eigenvalue weighted by atomic mass is 32.2. The molecule has 0 aliphatic rings. The Balaban J connectivity index is 1.85. The molecule has 1 amide bonds. The monoisotopic (exact) mass is 412 g/mol. The molecule has 0 atom stereocenters. The van der Waals surface area contributed by atoms with Crippen LogP contribution in [0, 0.1) is 0 Å². The molecule has 0 bridgehead atoms. The van der Waals surface area contributed by atoms with Gasteiger partial charge in [-0.25, -0.2) is 8.42 Å². The second kappa shape index (κ2) is 8.53. The van der Waals surface area contributed by atoms with Crippen LogP contribution in [0.4, 0.5) is 11.4 Å². The first-order valence-corrected chi connectivity index (χ1v) is 11.1. The summed E-state index contributed by atoms with van der Waals surface area (Å²) in [5.74, 6) is 0.113. The van der Waals surface area contributed by atoms with Gasteiger partial charge in [-0.1, -0.05) is 42.5 Å². The van der Waals surface area contributed by atoms with E-state index < -0.39 is 15.9 Å². The molecule has 29 heavy (non-hydrogen) atoms. The molecule has 0 fully saturated rings. The van der Waals surface area contributed by atoms with Crippen molar-refractivity contribution in [3.05, 3.63) is 66.7 Å². The summed E-state index contributed by atoms with van der Waals surface area (Å²) in [4.78, 5) is 12.7. The second-order valence-electron chi connectivity index (χ2n) is 7.01. The number of rotatable bonds is 7. The van der Waals surface area contributed by atoms with Crippen LogP contribution in [0.25, 0.3) is 10.8 Å². The minimum absolute atomic E-state index is 0.0495. The smallest absolute Gasteiger partial charge is 0.245 e. The Hall–Kier alpha value is -3.06. The van der Waals surface area contributed by atoms with Gasteiger partial charge in [-0.2, -0.15) is 0 Å². The van der Waals surface area contributed by atoms with Crippen LogP contribution in [0.5, 0.6) is 5.75 Å². The molecule has 152 valence electrons. The molecule has 0 heterocycles.